The summed E-state index contributed by atoms with van der Waals surface area (Å²) < 4.78 is 7.70. The monoisotopic (exact) mass is 537 g/mol. The maximum absolute atomic E-state index is 13.8. The molecule has 38 heavy (non-hydrogen) atoms. The molecule has 1 atom stereocenters. The van der Waals surface area contributed by atoms with Crippen LogP contribution in [0.5, 0.6) is 0 Å². The fourth-order valence-corrected chi connectivity index (χ4v) is 8.40. The number of carbonyl (C=O) groups is 2. The first kappa shape index (κ1) is 27.1. The zero-order chi connectivity index (χ0) is 27.6. The molecule has 2 amide bonds. The number of nitrogens with zero attached hydrogens (tertiary/aromatic N) is 2. The number of carbonyl (C=O) groups excluding carboxylic acids is 2. The normalized spacial score (nSPS) is 27.5. The van der Waals surface area contributed by atoms with E-state index in [0.717, 1.165) is 22.9 Å². The molecule has 2 aromatic rings. The van der Waals surface area contributed by atoms with Crippen LogP contribution in [-0.2, 0) is 14.0 Å². The maximum atomic E-state index is 13.8. The summed E-state index contributed by atoms with van der Waals surface area (Å²) in [4.78, 5) is 41.5. The molecule has 4 aliphatic rings. The minimum atomic E-state index is -2.15. The Kier molecular flexibility index (Phi) is 6.87. The number of hydrogen-bond acceptors (Lipinski definition) is 4. The van der Waals surface area contributed by atoms with Gasteiger partial charge in [-0.15, -0.1) is 0 Å². The molecule has 4 bridgehead atoms. The highest BCUT2D eigenvalue weighted by Gasteiger charge is 2.51. The first-order valence-electron chi connectivity index (χ1n) is 14.2. The average Bonchev–Trinajstić information content (AvgIpc) is 2.81. The topological polar surface area (TPSA) is 94.6 Å². The summed E-state index contributed by atoms with van der Waals surface area (Å²) in [6, 6.07) is 6.73. The molecule has 206 valence electrons. The van der Waals surface area contributed by atoms with Crippen LogP contribution in [0.4, 0.5) is 5.69 Å². The number of aromatic nitrogens is 1. The summed E-state index contributed by atoms with van der Waals surface area (Å²) in [6.45, 7) is 12.3. The molecule has 8 heteroatoms. The Morgan fingerprint density at radius 1 is 1.05 bits per heavy atom. The molecule has 4 saturated carbocycles. The molecular formula is C30H43N3O4Si. The maximum Gasteiger partial charge on any atom is 0.259 e. The zero-order valence-corrected chi connectivity index (χ0v) is 24.7. The lowest BCUT2D eigenvalue weighted by Crippen LogP contribution is -2.57. The van der Waals surface area contributed by atoms with Gasteiger partial charge in [-0.1, -0.05) is 26.8 Å². The lowest BCUT2D eigenvalue weighted by atomic mass is 9.53. The molecule has 1 aromatic carbocycles. The van der Waals surface area contributed by atoms with Crippen molar-refractivity contribution in [3.63, 3.8) is 0 Å². The van der Waals surface area contributed by atoms with Crippen molar-refractivity contribution in [1.29, 1.82) is 0 Å². The van der Waals surface area contributed by atoms with Gasteiger partial charge in [-0.05, 0) is 92.1 Å². The predicted octanol–water partition coefficient (Wildman–Crippen LogP) is 5.23. The summed E-state index contributed by atoms with van der Waals surface area (Å²) in [5, 5.41) is 1.19. The van der Waals surface area contributed by atoms with Crippen molar-refractivity contribution < 1.29 is 14.0 Å². The average molecular weight is 538 g/mol. The Morgan fingerprint density at radius 2 is 1.66 bits per heavy atom. The highest BCUT2D eigenvalue weighted by Crippen LogP contribution is 2.56. The number of hydrogen-bond donors (Lipinski definition) is 1. The molecule has 7 nitrogen and oxygen atoms in total. The molecule has 0 spiro atoms. The van der Waals surface area contributed by atoms with Crippen LogP contribution in [0.2, 0.25) is 18.1 Å². The highest BCUT2D eigenvalue weighted by atomic mass is 28.4. The smallest absolute Gasteiger partial charge is 0.259 e. The van der Waals surface area contributed by atoms with Gasteiger partial charge in [0.1, 0.15) is 6.04 Å². The molecule has 0 unspecified atom stereocenters. The lowest BCUT2D eigenvalue weighted by Gasteiger charge is -2.57. The first-order valence-corrected chi connectivity index (χ1v) is 17.1. The fourth-order valence-electron chi connectivity index (χ4n) is 7.39. The molecule has 0 aliphatic heterocycles. The number of nitrogens with two attached hydrogens (primary N) is 1. The number of anilines is 1. The van der Waals surface area contributed by atoms with Gasteiger partial charge < -0.3 is 19.6 Å². The second kappa shape index (κ2) is 9.63. The van der Waals surface area contributed by atoms with E-state index < -0.39 is 20.3 Å². The largest absolute Gasteiger partial charge is 0.414 e. The molecule has 6 rings (SSSR count). The number of amides is 2. The summed E-state index contributed by atoms with van der Waals surface area (Å²) in [6.07, 6.45) is 7.81. The third kappa shape index (κ3) is 4.64. The van der Waals surface area contributed by atoms with Crippen molar-refractivity contribution in [3.8, 4) is 0 Å². The Morgan fingerprint density at radius 3 is 2.18 bits per heavy atom. The molecule has 0 radical (unpaired) electrons. The van der Waals surface area contributed by atoms with E-state index in [1.165, 1.54) is 36.7 Å². The van der Waals surface area contributed by atoms with Crippen molar-refractivity contribution in [2.45, 2.75) is 90.0 Å². The lowest BCUT2D eigenvalue weighted by molar-refractivity contribution is -0.122. The third-order valence-corrected chi connectivity index (χ3v) is 14.6. The Hall–Kier alpha value is -2.45. The van der Waals surface area contributed by atoms with Gasteiger partial charge in [0.15, 0.2) is 8.32 Å². The summed E-state index contributed by atoms with van der Waals surface area (Å²) >= 11 is 0. The van der Waals surface area contributed by atoms with E-state index in [1.54, 1.807) is 19.2 Å². The predicted molar refractivity (Wildman–Crippen MR) is 154 cm³/mol. The van der Waals surface area contributed by atoms with E-state index in [1.807, 2.05) is 23.1 Å². The Balaban J connectivity index is 1.52. The minimum Gasteiger partial charge on any atom is -0.414 e. The van der Waals surface area contributed by atoms with Gasteiger partial charge in [0.25, 0.3) is 5.56 Å². The fraction of sp³-hybridized carbons (Fsp3) is 0.633. The number of fused-ring (bicyclic) bond motifs is 1. The van der Waals surface area contributed by atoms with Crippen molar-refractivity contribution in [2.24, 2.45) is 29.4 Å². The second-order valence-corrected chi connectivity index (χ2v) is 18.4. The van der Waals surface area contributed by atoms with Gasteiger partial charge in [-0.2, -0.15) is 0 Å². The van der Waals surface area contributed by atoms with Crippen molar-refractivity contribution >= 4 is 36.6 Å². The van der Waals surface area contributed by atoms with E-state index in [9.17, 15) is 14.4 Å². The van der Waals surface area contributed by atoms with E-state index in [2.05, 4.69) is 33.9 Å². The van der Waals surface area contributed by atoms with E-state index in [4.69, 9.17) is 10.2 Å². The van der Waals surface area contributed by atoms with Gasteiger partial charge >= 0.3 is 0 Å². The van der Waals surface area contributed by atoms with Crippen LogP contribution in [0, 0.1) is 23.7 Å². The molecular weight excluding hydrogens is 494 g/mol. The standard InChI is InChI=1S/C30H43N3O4Si/c1-18(34)33(27-21-13-19-12-20(15-21)16-22(27)14-19)25-9-7-8-24-23(25)10-11-32(29(24)36)26(28(31)35)17-37-38(5,6)30(2,3)4/h7-11,19-22,26-27H,12-17H2,1-6H3,(H2,31,35)/t19?,20?,21?,22?,26-,27?/m1/s1. The minimum absolute atomic E-state index is 0.0249. The second-order valence-electron chi connectivity index (χ2n) is 13.6. The van der Waals surface area contributed by atoms with Crippen LogP contribution < -0.4 is 16.2 Å². The van der Waals surface area contributed by atoms with Crippen molar-refractivity contribution in [3.05, 3.63) is 40.8 Å². The molecule has 1 aromatic heterocycles. The van der Waals surface area contributed by atoms with Gasteiger partial charge in [0.05, 0.1) is 12.3 Å². The number of primary amides is 1. The molecule has 0 saturated heterocycles. The van der Waals surface area contributed by atoms with Crippen molar-refractivity contribution in [1.82, 2.24) is 4.57 Å². The molecule has 1 heterocycles. The van der Waals surface area contributed by atoms with Crippen molar-refractivity contribution in [2.75, 3.05) is 11.5 Å². The summed E-state index contributed by atoms with van der Waals surface area (Å²) in [5.74, 6) is 2.09. The van der Waals surface area contributed by atoms with Crippen LogP contribution in [0.1, 0.15) is 65.8 Å². The van der Waals surface area contributed by atoms with E-state index >= 15 is 0 Å². The van der Waals surface area contributed by atoms with Crippen LogP contribution in [-0.4, -0.2) is 37.3 Å². The third-order valence-electron chi connectivity index (χ3n) is 10.1. The highest BCUT2D eigenvalue weighted by molar-refractivity contribution is 6.74. The molecule has 2 N–H and O–H groups in total. The zero-order valence-electron chi connectivity index (χ0n) is 23.7. The van der Waals surface area contributed by atoms with Crippen LogP contribution in [0.25, 0.3) is 10.8 Å². The van der Waals surface area contributed by atoms with E-state index in [0.29, 0.717) is 17.2 Å². The van der Waals surface area contributed by atoms with Gasteiger partial charge in [-0.3, -0.25) is 14.4 Å². The number of benzene rings is 1. The van der Waals surface area contributed by atoms with E-state index in [-0.39, 0.29) is 29.2 Å². The SMILES string of the molecule is CC(=O)N(c1cccc2c(=O)n([C@H](CO[Si](C)(C)C(C)(C)C)C(N)=O)ccc12)C1C2CC3CC(C2)CC1C3. The van der Waals surface area contributed by atoms with Gasteiger partial charge in [-0.25, -0.2) is 0 Å². The Labute approximate surface area is 226 Å². The first-order chi connectivity index (χ1) is 17.8. The van der Waals surface area contributed by atoms with Gasteiger partial charge in [0.2, 0.25) is 11.8 Å². The molecule has 4 aliphatic carbocycles. The van der Waals surface area contributed by atoms with Gasteiger partial charge in [0, 0.05) is 29.9 Å². The Bertz CT molecular complexity index is 1280. The number of pyridine rings is 1. The van der Waals surface area contributed by atoms with Crippen LogP contribution in [0.3, 0.4) is 0 Å². The summed E-state index contributed by atoms with van der Waals surface area (Å²) in [5.41, 5.74) is 6.29. The van der Waals surface area contributed by atoms with Crippen LogP contribution >= 0.6 is 0 Å². The molecule has 4 fully saturated rings. The summed E-state index contributed by atoms with van der Waals surface area (Å²) in [7, 11) is -2.15. The quantitative estimate of drug-likeness (QED) is 0.490. The van der Waals surface area contributed by atoms with Crippen LogP contribution in [0.15, 0.2) is 35.3 Å². The number of rotatable bonds is 7.